The second kappa shape index (κ2) is 8.24. The highest BCUT2D eigenvalue weighted by Gasteiger charge is 2.15. The Morgan fingerprint density at radius 3 is 2.25 bits per heavy atom. The second-order valence-electron chi connectivity index (χ2n) is 5.67. The number of aryl methyl sites for hydroxylation is 1. The summed E-state index contributed by atoms with van der Waals surface area (Å²) in [7, 11) is 0. The average molecular weight is 328 g/mol. The smallest absolute Gasteiger partial charge is 0.240 e. The molecule has 0 bridgehead atoms. The van der Waals surface area contributed by atoms with Crippen LogP contribution in [0.2, 0.25) is 0 Å². The molecular weight excluding hydrogens is 307 g/mol. The van der Waals surface area contributed by atoms with Gasteiger partial charge < -0.3 is 10.2 Å². The lowest BCUT2D eigenvalue weighted by atomic mass is 10.1. The van der Waals surface area contributed by atoms with Gasteiger partial charge in [-0.25, -0.2) is 4.39 Å². The van der Waals surface area contributed by atoms with E-state index in [9.17, 15) is 14.0 Å². The van der Waals surface area contributed by atoms with E-state index in [2.05, 4.69) is 5.32 Å². The predicted molar refractivity (Wildman–Crippen MR) is 92.3 cm³/mol. The minimum atomic E-state index is -0.280. The second-order valence-corrected chi connectivity index (χ2v) is 5.67. The van der Waals surface area contributed by atoms with E-state index in [-0.39, 0.29) is 24.2 Å². The third-order valence-corrected chi connectivity index (χ3v) is 3.68. The molecule has 0 aliphatic carbocycles. The quantitative estimate of drug-likeness (QED) is 0.886. The van der Waals surface area contributed by atoms with Gasteiger partial charge in [0.2, 0.25) is 11.8 Å². The minimum Gasteiger partial charge on any atom is -0.354 e. The third-order valence-electron chi connectivity index (χ3n) is 3.68. The zero-order chi connectivity index (χ0) is 17.5. The van der Waals surface area contributed by atoms with Crippen molar-refractivity contribution < 1.29 is 14.0 Å². The van der Waals surface area contributed by atoms with Crippen LogP contribution in [-0.2, 0) is 16.0 Å². The van der Waals surface area contributed by atoms with Crippen molar-refractivity contribution in [2.24, 2.45) is 0 Å². The summed E-state index contributed by atoms with van der Waals surface area (Å²) in [5.41, 5.74) is 2.73. The summed E-state index contributed by atoms with van der Waals surface area (Å²) in [4.78, 5) is 25.3. The van der Waals surface area contributed by atoms with E-state index in [0.717, 1.165) is 11.1 Å². The number of nitrogens with one attached hydrogen (secondary N) is 1. The molecule has 0 aromatic heterocycles. The third kappa shape index (κ3) is 5.19. The number of benzene rings is 2. The number of amides is 2. The fourth-order valence-corrected chi connectivity index (χ4v) is 2.31. The van der Waals surface area contributed by atoms with Gasteiger partial charge in [0.1, 0.15) is 12.4 Å². The molecule has 0 atom stereocenters. The number of carbonyl (C=O) groups excluding carboxylic acids is 2. The molecule has 1 N–H and O–H groups in total. The number of rotatable bonds is 6. The fourth-order valence-electron chi connectivity index (χ4n) is 2.31. The SMILES string of the molecule is CC(=O)N(CC(=O)NCCc1ccc(F)cc1)c1ccc(C)cc1. The molecule has 0 heterocycles. The first-order valence-electron chi connectivity index (χ1n) is 7.81. The average Bonchev–Trinajstić information content (AvgIpc) is 2.55. The molecule has 2 rings (SSSR count). The Morgan fingerprint density at radius 1 is 1.04 bits per heavy atom. The molecule has 0 unspecified atom stereocenters. The Labute approximate surface area is 141 Å². The van der Waals surface area contributed by atoms with Crippen LogP contribution in [0.25, 0.3) is 0 Å². The summed E-state index contributed by atoms with van der Waals surface area (Å²) in [6, 6.07) is 13.6. The van der Waals surface area contributed by atoms with Gasteiger partial charge in [0.05, 0.1) is 0 Å². The number of nitrogens with zero attached hydrogens (tertiary/aromatic N) is 1. The van der Waals surface area contributed by atoms with E-state index in [4.69, 9.17) is 0 Å². The van der Waals surface area contributed by atoms with E-state index < -0.39 is 0 Å². The van der Waals surface area contributed by atoms with Crippen molar-refractivity contribution in [1.82, 2.24) is 5.32 Å². The van der Waals surface area contributed by atoms with Crippen LogP contribution < -0.4 is 10.2 Å². The summed E-state index contributed by atoms with van der Waals surface area (Å²) in [5, 5.41) is 2.79. The van der Waals surface area contributed by atoms with Crippen molar-refractivity contribution in [2.45, 2.75) is 20.3 Å². The van der Waals surface area contributed by atoms with E-state index >= 15 is 0 Å². The largest absolute Gasteiger partial charge is 0.354 e. The topological polar surface area (TPSA) is 49.4 Å². The molecule has 0 fully saturated rings. The molecule has 2 aromatic carbocycles. The van der Waals surface area contributed by atoms with Crippen LogP contribution in [0.1, 0.15) is 18.1 Å². The van der Waals surface area contributed by atoms with Gasteiger partial charge in [-0.15, -0.1) is 0 Å². The molecule has 0 saturated heterocycles. The number of hydrogen-bond acceptors (Lipinski definition) is 2. The molecule has 4 nitrogen and oxygen atoms in total. The van der Waals surface area contributed by atoms with Crippen LogP contribution in [0.4, 0.5) is 10.1 Å². The first-order chi connectivity index (χ1) is 11.5. The van der Waals surface area contributed by atoms with Crippen LogP contribution in [0.15, 0.2) is 48.5 Å². The van der Waals surface area contributed by atoms with Crippen LogP contribution in [-0.4, -0.2) is 24.9 Å². The molecule has 2 amide bonds. The zero-order valence-electron chi connectivity index (χ0n) is 13.9. The molecule has 24 heavy (non-hydrogen) atoms. The number of halogens is 1. The Morgan fingerprint density at radius 2 is 1.67 bits per heavy atom. The van der Waals surface area contributed by atoms with Gasteiger partial charge in [0.15, 0.2) is 0 Å². The lowest BCUT2D eigenvalue weighted by Crippen LogP contribution is -2.40. The minimum absolute atomic E-state index is 0.0260. The Bertz CT molecular complexity index is 696. The van der Waals surface area contributed by atoms with Crippen molar-refractivity contribution in [1.29, 1.82) is 0 Å². The van der Waals surface area contributed by atoms with Gasteiger partial charge in [0.25, 0.3) is 0 Å². The Hall–Kier alpha value is -2.69. The van der Waals surface area contributed by atoms with Crippen LogP contribution in [0, 0.1) is 12.7 Å². The molecule has 0 aliphatic heterocycles. The Balaban J connectivity index is 1.87. The van der Waals surface area contributed by atoms with Crippen LogP contribution >= 0.6 is 0 Å². The molecule has 0 radical (unpaired) electrons. The summed E-state index contributed by atoms with van der Waals surface area (Å²) in [6.45, 7) is 3.81. The van der Waals surface area contributed by atoms with Crippen LogP contribution in [0.5, 0.6) is 0 Å². The lowest BCUT2D eigenvalue weighted by molar-refractivity contribution is -0.123. The molecule has 0 saturated carbocycles. The van der Waals surface area contributed by atoms with E-state index in [1.165, 1.54) is 24.0 Å². The molecule has 2 aromatic rings. The summed E-state index contributed by atoms with van der Waals surface area (Å²) < 4.78 is 12.8. The standard InChI is InChI=1S/C19H21FN2O2/c1-14-3-9-18(10-4-14)22(15(2)23)13-19(24)21-12-11-16-5-7-17(20)8-6-16/h3-10H,11-13H2,1-2H3,(H,21,24). The van der Waals surface area contributed by atoms with Gasteiger partial charge in [-0.05, 0) is 43.2 Å². The highest BCUT2D eigenvalue weighted by molar-refractivity contribution is 5.97. The van der Waals surface area contributed by atoms with Gasteiger partial charge in [-0.3, -0.25) is 9.59 Å². The van der Waals surface area contributed by atoms with Crippen molar-refractivity contribution in [3.63, 3.8) is 0 Å². The normalized spacial score (nSPS) is 10.3. The summed E-state index contributed by atoms with van der Waals surface area (Å²) in [5.74, 6) is -0.696. The first-order valence-corrected chi connectivity index (χ1v) is 7.81. The molecule has 5 heteroatoms. The maximum atomic E-state index is 12.8. The number of carbonyl (C=O) groups is 2. The zero-order valence-corrected chi connectivity index (χ0v) is 13.9. The van der Waals surface area contributed by atoms with E-state index in [0.29, 0.717) is 18.7 Å². The van der Waals surface area contributed by atoms with Gasteiger partial charge in [0, 0.05) is 19.2 Å². The fraction of sp³-hybridized carbons (Fsp3) is 0.263. The van der Waals surface area contributed by atoms with Gasteiger partial charge >= 0.3 is 0 Å². The molecule has 0 spiro atoms. The summed E-state index contributed by atoms with van der Waals surface area (Å²) >= 11 is 0. The number of hydrogen-bond donors (Lipinski definition) is 1. The molecular formula is C19H21FN2O2. The molecule has 126 valence electrons. The lowest BCUT2D eigenvalue weighted by Gasteiger charge is -2.20. The van der Waals surface area contributed by atoms with Gasteiger partial charge in [-0.1, -0.05) is 29.8 Å². The highest BCUT2D eigenvalue weighted by atomic mass is 19.1. The van der Waals surface area contributed by atoms with Crippen molar-refractivity contribution in [3.8, 4) is 0 Å². The van der Waals surface area contributed by atoms with Crippen molar-refractivity contribution in [2.75, 3.05) is 18.0 Å². The maximum Gasteiger partial charge on any atom is 0.240 e. The van der Waals surface area contributed by atoms with Crippen molar-refractivity contribution in [3.05, 3.63) is 65.5 Å². The van der Waals surface area contributed by atoms with E-state index in [1.54, 1.807) is 12.1 Å². The maximum absolute atomic E-state index is 12.8. The van der Waals surface area contributed by atoms with Crippen LogP contribution in [0.3, 0.4) is 0 Å². The summed E-state index contributed by atoms with van der Waals surface area (Å²) in [6.07, 6.45) is 0.608. The monoisotopic (exact) mass is 328 g/mol. The Kier molecular flexibility index (Phi) is 6.07. The molecule has 0 aliphatic rings. The predicted octanol–water partition coefficient (Wildman–Crippen LogP) is 2.85. The van der Waals surface area contributed by atoms with Gasteiger partial charge in [-0.2, -0.15) is 0 Å². The first kappa shape index (κ1) is 17.7. The van der Waals surface area contributed by atoms with E-state index in [1.807, 2.05) is 31.2 Å². The number of anilines is 1. The van der Waals surface area contributed by atoms with Crippen molar-refractivity contribution >= 4 is 17.5 Å². The highest BCUT2D eigenvalue weighted by Crippen LogP contribution is 2.15.